The van der Waals surface area contributed by atoms with Crippen LogP contribution in [0.25, 0.3) is 0 Å². The molecule has 0 aliphatic heterocycles. The first-order valence-corrected chi connectivity index (χ1v) is 7.44. The Morgan fingerprint density at radius 1 is 0.900 bits per heavy atom. The van der Waals surface area contributed by atoms with E-state index < -0.39 is 11.9 Å². The van der Waals surface area contributed by atoms with Crippen LogP contribution < -0.4 is 0 Å². The van der Waals surface area contributed by atoms with Gasteiger partial charge in [-0.3, -0.25) is 9.59 Å². The molecule has 0 aromatic carbocycles. The van der Waals surface area contributed by atoms with Gasteiger partial charge >= 0.3 is 11.9 Å². The molecule has 0 heterocycles. The molecule has 2 N–H and O–H groups in total. The van der Waals surface area contributed by atoms with Gasteiger partial charge in [0.1, 0.15) is 0 Å². The number of carbonyl (C=O) groups is 4. The molecule has 0 fully saturated rings. The third-order valence-corrected chi connectivity index (χ3v) is 3.79. The summed E-state index contributed by atoms with van der Waals surface area (Å²) in [7, 11) is 3.93. The Morgan fingerprint density at radius 2 is 1.20 bits per heavy atom. The van der Waals surface area contributed by atoms with Crippen LogP contribution in [0.2, 0.25) is 0 Å². The second-order valence-corrected chi connectivity index (χ2v) is 6.23. The fraction of sp³-hybridized carbons (Fsp3) is 0.636. The lowest BCUT2D eigenvalue weighted by atomic mass is 10.4. The predicted molar refractivity (Wildman–Crippen MR) is 79.0 cm³/mol. The molecular formula is C11H19NO6S2. The van der Waals surface area contributed by atoms with Gasteiger partial charge in [-0.1, -0.05) is 23.5 Å². The summed E-state index contributed by atoms with van der Waals surface area (Å²) in [5.74, 6) is -2.14. The second-order valence-electron chi connectivity index (χ2n) is 3.83. The molecule has 116 valence electrons. The number of nitrogens with zero attached hydrogens (tertiary/aromatic N) is 1. The zero-order chi connectivity index (χ0) is 16.3. The van der Waals surface area contributed by atoms with E-state index in [4.69, 9.17) is 19.8 Å². The van der Waals surface area contributed by atoms with E-state index in [2.05, 4.69) is 0 Å². The standard InChI is InChI=1S/C9H17NO2S2.C2H2O4/c1-7(11)13-5-9(10(3)4)6-14-8(2)12;3-1(4)2(5)6/h9H,5-6H2,1-4H3;(H,3,4)(H,5,6). The summed E-state index contributed by atoms with van der Waals surface area (Å²) >= 11 is 2.63. The van der Waals surface area contributed by atoms with Crippen molar-refractivity contribution in [1.82, 2.24) is 4.90 Å². The highest BCUT2D eigenvalue weighted by molar-refractivity contribution is 8.14. The van der Waals surface area contributed by atoms with Crippen LogP contribution in [0.4, 0.5) is 0 Å². The van der Waals surface area contributed by atoms with E-state index in [-0.39, 0.29) is 16.3 Å². The van der Waals surface area contributed by atoms with Crippen LogP contribution in [0.3, 0.4) is 0 Å². The number of hydrogen-bond acceptors (Lipinski definition) is 7. The molecule has 0 aliphatic carbocycles. The van der Waals surface area contributed by atoms with Crippen molar-refractivity contribution in [3.8, 4) is 0 Å². The molecule has 0 saturated carbocycles. The normalized spacial score (nSPS) is 9.90. The molecule has 0 saturated heterocycles. The largest absolute Gasteiger partial charge is 0.473 e. The topological polar surface area (TPSA) is 112 Å². The Kier molecular flexibility index (Phi) is 12.5. The van der Waals surface area contributed by atoms with Crippen molar-refractivity contribution in [3.05, 3.63) is 0 Å². The first kappa shape index (κ1) is 21.2. The maximum absolute atomic E-state index is 10.8. The molecule has 0 spiro atoms. The van der Waals surface area contributed by atoms with Crippen molar-refractivity contribution in [3.63, 3.8) is 0 Å². The van der Waals surface area contributed by atoms with E-state index in [0.29, 0.717) is 0 Å². The van der Waals surface area contributed by atoms with Crippen LogP contribution >= 0.6 is 23.5 Å². The van der Waals surface area contributed by atoms with Gasteiger partial charge in [-0.25, -0.2) is 9.59 Å². The van der Waals surface area contributed by atoms with Crippen molar-refractivity contribution in [2.45, 2.75) is 19.9 Å². The summed E-state index contributed by atoms with van der Waals surface area (Å²) in [5, 5.41) is 15.0. The summed E-state index contributed by atoms with van der Waals surface area (Å²) in [5.41, 5.74) is 0. The minimum atomic E-state index is -1.82. The molecule has 7 nitrogen and oxygen atoms in total. The highest BCUT2D eigenvalue weighted by Gasteiger charge is 2.13. The van der Waals surface area contributed by atoms with Crippen LogP contribution in [0.1, 0.15) is 13.8 Å². The van der Waals surface area contributed by atoms with E-state index in [9.17, 15) is 9.59 Å². The molecule has 0 rings (SSSR count). The Morgan fingerprint density at radius 3 is 1.35 bits per heavy atom. The highest BCUT2D eigenvalue weighted by Crippen LogP contribution is 2.13. The zero-order valence-corrected chi connectivity index (χ0v) is 13.4. The Hall–Kier alpha value is -1.06. The number of aliphatic carboxylic acids is 2. The number of carboxylic acids is 2. The van der Waals surface area contributed by atoms with Crippen molar-refractivity contribution in [1.29, 1.82) is 0 Å². The lowest BCUT2D eigenvalue weighted by Crippen LogP contribution is -2.33. The summed E-state index contributed by atoms with van der Waals surface area (Å²) in [6.07, 6.45) is 0. The van der Waals surface area contributed by atoms with Gasteiger partial charge in [0.25, 0.3) is 0 Å². The van der Waals surface area contributed by atoms with Crippen molar-refractivity contribution in [2.24, 2.45) is 0 Å². The molecule has 0 atom stereocenters. The third-order valence-electron chi connectivity index (χ3n) is 1.87. The van der Waals surface area contributed by atoms with Gasteiger partial charge in [0, 0.05) is 31.4 Å². The minimum Gasteiger partial charge on any atom is -0.473 e. The average molecular weight is 325 g/mol. The Labute approximate surface area is 126 Å². The first-order chi connectivity index (χ1) is 9.07. The number of thioether (sulfide) groups is 2. The SMILES string of the molecule is CC(=O)SCC(CSC(C)=O)N(C)C.O=C(O)C(=O)O. The second kappa shape index (κ2) is 11.7. The highest BCUT2D eigenvalue weighted by atomic mass is 32.2. The predicted octanol–water partition coefficient (Wildman–Crippen LogP) is 0.632. The van der Waals surface area contributed by atoms with E-state index in [1.807, 2.05) is 19.0 Å². The lowest BCUT2D eigenvalue weighted by molar-refractivity contribution is -0.159. The summed E-state index contributed by atoms with van der Waals surface area (Å²) < 4.78 is 0. The summed E-state index contributed by atoms with van der Waals surface area (Å²) in [6, 6.07) is 0.276. The van der Waals surface area contributed by atoms with Crippen LogP contribution in [0.5, 0.6) is 0 Å². The van der Waals surface area contributed by atoms with Gasteiger partial charge in [0.2, 0.25) is 0 Å². The fourth-order valence-electron chi connectivity index (χ4n) is 0.773. The molecule has 0 unspecified atom stereocenters. The maximum Gasteiger partial charge on any atom is 0.414 e. The van der Waals surface area contributed by atoms with E-state index in [1.165, 1.54) is 23.5 Å². The van der Waals surface area contributed by atoms with Gasteiger partial charge in [-0.15, -0.1) is 0 Å². The molecule has 0 aromatic rings. The van der Waals surface area contributed by atoms with E-state index in [1.54, 1.807) is 13.8 Å². The molecule has 0 aromatic heterocycles. The van der Waals surface area contributed by atoms with Crippen molar-refractivity contribution in [2.75, 3.05) is 25.6 Å². The van der Waals surface area contributed by atoms with Crippen LogP contribution in [-0.4, -0.2) is 68.9 Å². The van der Waals surface area contributed by atoms with Crippen molar-refractivity contribution >= 4 is 45.7 Å². The molecule has 0 amide bonds. The van der Waals surface area contributed by atoms with Gasteiger partial charge in [0.15, 0.2) is 10.2 Å². The van der Waals surface area contributed by atoms with E-state index >= 15 is 0 Å². The van der Waals surface area contributed by atoms with Crippen LogP contribution in [0, 0.1) is 0 Å². The monoisotopic (exact) mass is 325 g/mol. The summed E-state index contributed by atoms with van der Waals surface area (Å²) in [6.45, 7) is 3.13. The smallest absolute Gasteiger partial charge is 0.414 e. The van der Waals surface area contributed by atoms with Gasteiger partial charge < -0.3 is 15.1 Å². The van der Waals surface area contributed by atoms with Gasteiger partial charge in [-0.05, 0) is 14.1 Å². The molecule has 20 heavy (non-hydrogen) atoms. The van der Waals surface area contributed by atoms with Crippen molar-refractivity contribution < 1.29 is 29.4 Å². The minimum absolute atomic E-state index is 0.129. The Balaban J connectivity index is 0. The third kappa shape index (κ3) is 15.0. The number of carboxylic acid groups (broad SMARTS) is 2. The molecular weight excluding hydrogens is 306 g/mol. The summed E-state index contributed by atoms with van der Waals surface area (Å²) in [4.78, 5) is 41.8. The van der Waals surface area contributed by atoms with Crippen LogP contribution in [0.15, 0.2) is 0 Å². The molecule has 0 bridgehead atoms. The number of carbonyl (C=O) groups excluding carboxylic acids is 2. The van der Waals surface area contributed by atoms with Gasteiger partial charge in [0.05, 0.1) is 0 Å². The molecule has 0 aliphatic rings. The number of rotatable bonds is 5. The first-order valence-electron chi connectivity index (χ1n) is 5.47. The molecule has 9 heteroatoms. The zero-order valence-electron chi connectivity index (χ0n) is 11.8. The lowest BCUT2D eigenvalue weighted by Gasteiger charge is -2.22. The quantitative estimate of drug-likeness (QED) is 0.703. The maximum atomic E-state index is 10.8. The Bertz CT molecular complexity index is 329. The van der Waals surface area contributed by atoms with E-state index in [0.717, 1.165) is 11.5 Å². The fourth-order valence-corrected chi connectivity index (χ4v) is 2.61. The van der Waals surface area contributed by atoms with Gasteiger partial charge in [-0.2, -0.15) is 0 Å². The average Bonchev–Trinajstić information content (AvgIpc) is 2.28. The van der Waals surface area contributed by atoms with Crippen LogP contribution in [-0.2, 0) is 19.2 Å². The number of hydrogen-bond donors (Lipinski definition) is 2. The molecule has 0 radical (unpaired) electrons.